The quantitative estimate of drug-likeness (QED) is 0.775. The number of benzene rings is 1. The van der Waals surface area contributed by atoms with Gasteiger partial charge in [-0.25, -0.2) is 9.89 Å². The molecule has 2 rings (SSSR count). The van der Waals surface area contributed by atoms with Crippen LogP contribution in [0.1, 0.15) is 0 Å². The Hall–Kier alpha value is -2.37. The number of amides is 1. The van der Waals surface area contributed by atoms with E-state index in [1.165, 1.54) is 6.20 Å². The molecule has 0 aliphatic rings. The number of hydrogen-bond donors (Lipinski definition) is 2. The third-order valence-electron chi connectivity index (χ3n) is 1.61. The van der Waals surface area contributed by atoms with Crippen LogP contribution in [0.4, 0.5) is 10.6 Å². The number of nitrogens with zero attached hydrogens (tertiary/aromatic N) is 2. The monoisotopic (exact) mass is 204 g/mol. The zero-order valence-electron chi connectivity index (χ0n) is 7.68. The lowest BCUT2D eigenvalue weighted by molar-refractivity contribution is 0.215. The van der Waals surface area contributed by atoms with Gasteiger partial charge >= 0.3 is 6.09 Å². The highest BCUT2D eigenvalue weighted by Gasteiger charge is 2.04. The number of H-pyrrole nitrogens is 1. The normalized spacial score (nSPS) is 9.60. The van der Waals surface area contributed by atoms with Crippen LogP contribution in [-0.4, -0.2) is 21.5 Å². The summed E-state index contributed by atoms with van der Waals surface area (Å²) in [4.78, 5) is 11.3. The molecule has 0 saturated carbocycles. The fourth-order valence-corrected chi connectivity index (χ4v) is 0.989. The fraction of sp³-hybridized carbons (Fsp3) is 0. The molecule has 1 amide bonds. The van der Waals surface area contributed by atoms with E-state index in [0.717, 1.165) is 0 Å². The lowest BCUT2D eigenvalue weighted by Gasteiger charge is -2.03. The van der Waals surface area contributed by atoms with Crippen molar-refractivity contribution >= 4 is 11.9 Å². The van der Waals surface area contributed by atoms with Gasteiger partial charge in [-0.1, -0.05) is 23.4 Å². The van der Waals surface area contributed by atoms with Crippen molar-refractivity contribution in [2.75, 3.05) is 5.32 Å². The summed E-state index contributed by atoms with van der Waals surface area (Å²) in [6.07, 6.45) is 0.791. The topological polar surface area (TPSA) is 79.9 Å². The van der Waals surface area contributed by atoms with Gasteiger partial charge in [-0.2, -0.15) is 0 Å². The number of ether oxygens (including phenoxy) is 1. The van der Waals surface area contributed by atoms with Gasteiger partial charge in [0.15, 0.2) is 5.82 Å². The molecular formula is C9H8N4O2. The van der Waals surface area contributed by atoms with Crippen LogP contribution >= 0.6 is 0 Å². The summed E-state index contributed by atoms with van der Waals surface area (Å²) in [7, 11) is 0. The van der Waals surface area contributed by atoms with E-state index in [2.05, 4.69) is 20.7 Å². The molecule has 0 unspecified atom stereocenters. The average molecular weight is 204 g/mol. The van der Waals surface area contributed by atoms with Crippen LogP contribution in [0.5, 0.6) is 5.75 Å². The van der Waals surface area contributed by atoms with Crippen LogP contribution < -0.4 is 10.1 Å². The number of nitrogens with one attached hydrogen (secondary N) is 2. The number of carbonyl (C=O) groups is 1. The number of aromatic amines is 1. The molecule has 0 fully saturated rings. The molecule has 6 heteroatoms. The molecule has 0 radical (unpaired) electrons. The highest BCUT2D eigenvalue weighted by Crippen LogP contribution is 2.09. The zero-order chi connectivity index (χ0) is 10.5. The Bertz CT molecular complexity index is 427. The van der Waals surface area contributed by atoms with Crippen LogP contribution in [-0.2, 0) is 0 Å². The maximum atomic E-state index is 11.3. The molecule has 1 aromatic heterocycles. The predicted octanol–water partition coefficient (Wildman–Crippen LogP) is 1.42. The Morgan fingerprint density at radius 3 is 2.80 bits per heavy atom. The van der Waals surface area contributed by atoms with Gasteiger partial charge in [0.05, 0.1) is 6.20 Å². The number of carbonyl (C=O) groups excluding carboxylic acids is 1. The minimum Gasteiger partial charge on any atom is -0.410 e. The summed E-state index contributed by atoms with van der Waals surface area (Å²) >= 11 is 0. The van der Waals surface area contributed by atoms with Gasteiger partial charge in [0, 0.05) is 0 Å². The van der Waals surface area contributed by atoms with Crippen molar-refractivity contribution in [3.05, 3.63) is 36.5 Å². The first-order valence-electron chi connectivity index (χ1n) is 4.24. The Morgan fingerprint density at radius 1 is 1.33 bits per heavy atom. The van der Waals surface area contributed by atoms with E-state index >= 15 is 0 Å². The average Bonchev–Trinajstić information content (AvgIpc) is 2.71. The first kappa shape index (κ1) is 9.20. The zero-order valence-corrected chi connectivity index (χ0v) is 7.68. The van der Waals surface area contributed by atoms with E-state index < -0.39 is 6.09 Å². The maximum Gasteiger partial charge on any atom is 0.418 e. The molecule has 0 aliphatic heterocycles. The SMILES string of the molecule is O=C(Nc1cnn[nH]1)Oc1ccccc1. The van der Waals surface area contributed by atoms with Gasteiger partial charge in [0.1, 0.15) is 5.75 Å². The number of rotatable bonds is 2. The molecule has 0 bridgehead atoms. The molecular weight excluding hydrogens is 196 g/mol. The van der Waals surface area contributed by atoms with Crippen molar-refractivity contribution in [1.29, 1.82) is 0 Å². The van der Waals surface area contributed by atoms with Crippen LogP contribution in [0, 0.1) is 0 Å². The molecule has 0 spiro atoms. The van der Waals surface area contributed by atoms with Gasteiger partial charge in [0.2, 0.25) is 0 Å². The fourth-order valence-electron chi connectivity index (χ4n) is 0.989. The minimum atomic E-state index is -0.591. The summed E-state index contributed by atoms with van der Waals surface area (Å²) in [6.45, 7) is 0. The standard InChI is InChI=1S/C9H8N4O2/c14-9(11-8-6-10-13-12-8)15-7-4-2-1-3-5-7/h1-6H,(H2,10,11,12,13,14). The number of para-hydroxylation sites is 1. The number of aromatic nitrogens is 3. The smallest absolute Gasteiger partial charge is 0.410 e. The van der Waals surface area contributed by atoms with Crippen molar-refractivity contribution in [1.82, 2.24) is 15.4 Å². The van der Waals surface area contributed by atoms with Gasteiger partial charge in [-0.05, 0) is 12.1 Å². The van der Waals surface area contributed by atoms with Crippen molar-refractivity contribution in [2.24, 2.45) is 0 Å². The minimum absolute atomic E-state index is 0.385. The lowest BCUT2D eigenvalue weighted by atomic mass is 10.3. The van der Waals surface area contributed by atoms with Gasteiger partial charge in [-0.3, -0.25) is 5.32 Å². The second kappa shape index (κ2) is 4.23. The summed E-state index contributed by atoms with van der Waals surface area (Å²) < 4.78 is 4.96. The van der Waals surface area contributed by atoms with Crippen molar-refractivity contribution < 1.29 is 9.53 Å². The van der Waals surface area contributed by atoms with E-state index in [4.69, 9.17) is 4.74 Å². The Kier molecular flexibility index (Phi) is 2.59. The van der Waals surface area contributed by atoms with Crippen molar-refractivity contribution in [2.45, 2.75) is 0 Å². The summed E-state index contributed by atoms with van der Waals surface area (Å²) in [5.41, 5.74) is 0. The van der Waals surface area contributed by atoms with Crippen LogP contribution in [0.15, 0.2) is 36.5 Å². The number of hydrogen-bond acceptors (Lipinski definition) is 4. The van der Waals surface area contributed by atoms with Crippen LogP contribution in [0.2, 0.25) is 0 Å². The lowest BCUT2D eigenvalue weighted by Crippen LogP contribution is -2.16. The van der Waals surface area contributed by atoms with E-state index in [-0.39, 0.29) is 0 Å². The molecule has 15 heavy (non-hydrogen) atoms. The van der Waals surface area contributed by atoms with E-state index in [1.807, 2.05) is 6.07 Å². The summed E-state index contributed by atoms with van der Waals surface area (Å²) in [5, 5.41) is 11.9. The van der Waals surface area contributed by atoms with E-state index in [9.17, 15) is 4.79 Å². The van der Waals surface area contributed by atoms with E-state index in [1.54, 1.807) is 24.3 Å². The molecule has 76 valence electrons. The molecule has 0 saturated heterocycles. The molecule has 6 nitrogen and oxygen atoms in total. The third-order valence-corrected chi connectivity index (χ3v) is 1.61. The molecule has 2 aromatic rings. The Labute approximate surface area is 85.3 Å². The molecule has 1 aromatic carbocycles. The first-order chi connectivity index (χ1) is 7.34. The molecule has 0 atom stereocenters. The molecule has 0 aliphatic carbocycles. The van der Waals surface area contributed by atoms with Gasteiger partial charge in [0.25, 0.3) is 0 Å². The largest absolute Gasteiger partial charge is 0.418 e. The maximum absolute atomic E-state index is 11.3. The summed E-state index contributed by atoms with van der Waals surface area (Å²) in [5.74, 6) is 0.860. The third kappa shape index (κ3) is 2.53. The first-order valence-corrected chi connectivity index (χ1v) is 4.24. The second-order valence-electron chi connectivity index (χ2n) is 2.70. The predicted molar refractivity (Wildman–Crippen MR) is 52.5 cm³/mol. The number of anilines is 1. The van der Waals surface area contributed by atoms with Gasteiger partial charge in [-0.15, -0.1) is 5.10 Å². The van der Waals surface area contributed by atoms with Crippen molar-refractivity contribution in [3.63, 3.8) is 0 Å². The van der Waals surface area contributed by atoms with E-state index in [0.29, 0.717) is 11.6 Å². The van der Waals surface area contributed by atoms with Gasteiger partial charge < -0.3 is 4.74 Å². The highest BCUT2D eigenvalue weighted by molar-refractivity contribution is 5.84. The van der Waals surface area contributed by atoms with Crippen LogP contribution in [0.25, 0.3) is 0 Å². The second-order valence-corrected chi connectivity index (χ2v) is 2.70. The van der Waals surface area contributed by atoms with Crippen LogP contribution in [0.3, 0.4) is 0 Å². The Balaban J connectivity index is 1.94. The summed E-state index contributed by atoms with van der Waals surface area (Å²) in [6, 6.07) is 8.76. The van der Waals surface area contributed by atoms with Crippen molar-refractivity contribution in [3.8, 4) is 5.75 Å². The molecule has 2 N–H and O–H groups in total. The Morgan fingerprint density at radius 2 is 2.13 bits per heavy atom. The molecule has 1 heterocycles. The highest BCUT2D eigenvalue weighted by atomic mass is 16.6.